The van der Waals surface area contributed by atoms with Crippen molar-refractivity contribution >= 4 is 21.5 Å². The van der Waals surface area contributed by atoms with Crippen LogP contribution in [0, 0.1) is 0 Å². The summed E-state index contributed by atoms with van der Waals surface area (Å²) in [6.07, 6.45) is 2.02. The maximum Gasteiger partial charge on any atom is 0.243 e. The lowest BCUT2D eigenvalue weighted by molar-refractivity contribution is 0.101. The van der Waals surface area contributed by atoms with Gasteiger partial charge < -0.3 is 4.40 Å². The fraction of sp³-hybridized carbons (Fsp3) is 0.231. The molecule has 34 heavy (non-hydrogen) atoms. The Bertz CT molecular complexity index is 1420. The van der Waals surface area contributed by atoms with Gasteiger partial charge in [-0.25, -0.2) is 13.4 Å². The van der Waals surface area contributed by atoms with E-state index in [1.807, 2.05) is 42.6 Å². The third kappa shape index (κ3) is 4.27. The first-order chi connectivity index (χ1) is 16.4. The third-order valence-corrected chi connectivity index (χ3v) is 8.19. The van der Waals surface area contributed by atoms with E-state index in [1.165, 1.54) is 23.4 Å². The predicted octanol–water partition coefficient (Wildman–Crippen LogP) is 3.71. The monoisotopic (exact) mass is 474 g/mol. The molecule has 1 aliphatic heterocycles. The highest BCUT2D eigenvalue weighted by molar-refractivity contribution is 7.89. The summed E-state index contributed by atoms with van der Waals surface area (Å²) >= 11 is 0. The molecule has 0 spiro atoms. The van der Waals surface area contributed by atoms with E-state index in [-0.39, 0.29) is 10.7 Å². The van der Waals surface area contributed by atoms with Crippen molar-refractivity contribution in [2.75, 3.05) is 26.2 Å². The van der Waals surface area contributed by atoms with E-state index in [9.17, 15) is 13.2 Å². The van der Waals surface area contributed by atoms with Crippen LogP contribution in [0.5, 0.6) is 0 Å². The molecule has 1 saturated heterocycles. The van der Waals surface area contributed by atoms with Crippen molar-refractivity contribution < 1.29 is 13.2 Å². The highest BCUT2D eigenvalue weighted by Crippen LogP contribution is 2.26. The number of pyridine rings is 1. The second-order valence-corrected chi connectivity index (χ2v) is 10.4. The molecule has 8 heteroatoms. The number of sulfonamides is 1. The number of aromatic nitrogens is 2. The topological polar surface area (TPSA) is 75.0 Å². The fourth-order valence-electron chi connectivity index (χ4n) is 4.38. The quantitative estimate of drug-likeness (QED) is 0.398. The molecule has 0 aliphatic carbocycles. The Labute approximate surface area is 199 Å². The second kappa shape index (κ2) is 9.13. The molecule has 0 atom stereocenters. The smallest absolute Gasteiger partial charge is 0.243 e. The second-order valence-electron chi connectivity index (χ2n) is 8.46. The first-order valence-corrected chi connectivity index (χ1v) is 12.7. The summed E-state index contributed by atoms with van der Waals surface area (Å²) in [4.78, 5) is 18.9. The lowest BCUT2D eigenvalue weighted by Gasteiger charge is -2.34. The van der Waals surface area contributed by atoms with E-state index in [0.717, 1.165) is 22.6 Å². The van der Waals surface area contributed by atoms with Crippen molar-refractivity contribution in [3.63, 3.8) is 0 Å². The van der Waals surface area contributed by atoms with Gasteiger partial charge in [0.1, 0.15) is 5.65 Å². The Morgan fingerprint density at radius 2 is 1.56 bits per heavy atom. The molecule has 2 aromatic heterocycles. The van der Waals surface area contributed by atoms with Crippen LogP contribution in [0.25, 0.3) is 16.9 Å². The molecule has 0 unspecified atom stereocenters. The van der Waals surface area contributed by atoms with Crippen molar-refractivity contribution in [2.24, 2.45) is 0 Å². The first kappa shape index (κ1) is 22.5. The van der Waals surface area contributed by atoms with Crippen molar-refractivity contribution in [3.05, 3.63) is 90.3 Å². The lowest BCUT2D eigenvalue weighted by Crippen LogP contribution is -2.48. The maximum absolute atomic E-state index is 13.1. The summed E-state index contributed by atoms with van der Waals surface area (Å²) in [7, 11) is -3.60. The molecule has 4 aromatic rings. The molecule has 0 amide bonds. The number of Topliss-reactive ketones (excluding diaryl/α,β-unsaturated/α-hetero) is 1. The number of hydrogen-bond acceptors (Lipinski definition) is 5. The minimum Gasteiger partial charge on any atom is -0.302 e. The molecule has 5 rings (SSSR count). The number of imidazole rings is 1. The van der Waals surface area contributed by atoms with Gasteiger partial charge in [0, 0.05) is 50.0 Å². The first-order valence-electron chi connectivity index (χ1n) is 11.3. The third-order valence-electron chi connectivity index (χ3n) is 6.28. The zero-order valence-electron chi connectivity index (χ0n) is 19.0. The van der Waals surface area contributed by atoms with Crippen LogP contribution < -0.4 is 0 Å². The van der Waals surface area contributed by atoms with E-state index < -0.39 is 10.0 Å². The molecule has 0 radical (unpaired) electrons. The van der Waals surface area contributed by atoms with Crippen molar-refractivity contribution in [3.8, 4) is 11.3 Å². The molecule has 7 nitrogen and oxygen atoms in total. The summed E-state index contributed by atoms with van der Waals surface area (Å²) in [6, 6.07) is 22.3. The molecule has 0 N–H and O–H groups in total. The number of hydrogen-bond donors (Lipinski definition) is 0. The molecule has 1 fully saturated rings. The van der Waals surface area contributed by atoms with Gasteiger partial charge in [-0.05, 0) is 31.2 Å². The Morgan fingerprint density at radius 1 is 0.882 bits per heavy atom. The summed E-state index contributed by atoms with van der Waals surface area (Å²) in [5, 5.41) is 0. The van der Waals surface area contributed by atoms with Crippen LogP contribution in [0.15, 0.2) is 83.9 Å². The van der Waals surface area contributed by atoms with Crippen LogP contribution in [0.2, 0.25) is 0 Å². The van der Waals surface area contributed by atoms with Gasteiger partial charge in [-0.3, -0.25) is 9.69 Å². The molecule has 1 aliphatic rings. The Hall–Kier alpha value is -3.33. The molecule has 0 saturated carbocycles. The SMILES string of the molecule is CC(=O)c1ccc(S(=O)(=O)N2CCN(Cc3c(-c4ccccc4)nc4ccccn34)CC2)cc1. The average molecular weight is 475 g/mol. The summed E-state index contributed by atoms with van der Waals surface area (Å²) in [5.41, 5.74) is 4.51. The molecule has 2 aromatic carbocycles. The average Bonchev–Trinajstić information content (AvgIpc) is 3.23. The number of rotatable bonds is 6. The van der Waals surface area contributed by atoms with Crippen LogP contribution in [0.3, 0.4) is 0 Å². The number of piperazine rings is 1. The fourth-order valence-corrected chi connectivity index (χ4v) is 5.80. The number of carbonyl (C=O) groups excluding carboxylic acids is 1. The van der Waals surface area contributed by atoms with Gasteiger partial charge in [0.2, 0.25) is 10.0 Å². The van der Waals surface area contributed by atoms with Crippen LogP contribution in [-0.4, -0.2) is 59.0 Å². The predicted molar refractivity (Wildman–Crippen MR) is 131 cm³/mol. The van der Waals surface area contributed by atoms with Crippen molar-refractivity contribution in [1.29, 1.82) is 0 Å². The highest BCUT2D eigenvalue weighted by Gasteiger charge is 2.29. The van der Waals surface area contributed by atoms with E-state index in [2.05, 4.69) is 21.4 Å². The number of carbonyl (C=O) groups is 1. The molecule has 174 valence electrons. The Kier molecular flexibility index (Phi) is 6.03. The molecule has 0 bridgehead atoms. The molecular formula is C26H26N4O3S. The summed E-state index contributed by atoms with van der Waals surface area (Å²) < 4.78 is 29.9. The van der Waals surface area contributed by atoms with Gasteiger partial charge in [0.05, 0.1) is 16.3 Å². The van der Waals surface area contributed by atoms with Crippen molar-refractivity contribution in [1.82, 2.24) is 18.6 Å². The lowest BCUT2D eigenvalue weighted by atomic mass is 10.1. The Morgan fingerprint density at radius 3 is 2.24 bits per heavy atom. The van der Waals surface area contributed by atoms with E-state index in [1.54, 1.807) is 12.1 Å². The number of nitrogens with zero attached hydrogens (tertiary/aromatic N) is 4. The largest absolute Gasteiger partial charge is 0.302 e. The van der Waals surface area contributed by atoms with Crippen LogP contribution in [0.1, 0.15) is 23.0 Å². The minimum atomic E-state index is -3.60. The van der Waals surface area contributed by atoms with E-state index in [4.69, 9.17) is 4.98 Å². The zero-order chi connectivity index (χ0) is 23.7. The molecular weight excluding hydrogens is 448 g/mol. The summed E-state index contributed by atoms with van der Waals surface area (Å²) in [6.45, 7) is 4.22. The van der Waals surface area contributed by atoms with Gasteiger partial charge in [-0.1, -0.05) is 48.5 Å². The van der Waals surface area contributed by atoms with Gasteiger partial charge >= 0.3 is 0 Å². The van der Waals surface area contributed by atoms with Crippen molar-refractivity contribution in [2.45, 2.75) is 18.4 Å². The Balaban J connectivity index is 1.34. The normalized spacial score (nSPS) is 15.6. The van der Waals surface area contributed by atoms with Crippen LogP contribution in [0.4, 0.5) is 0 Å². The van der Waals surface area contributed by atoms with Gasteiger partial charge in [0.15, 0.2) is 5.78 Å². The summed E-state index contributed by atoms with van der Waals surface area (Å²) in [5.74, 6) is -0.0835. The highest BCUT2D eigenvalue weighted by atomic mass is 32.2. The van der Waals surface area contributed by atoms with Crippen LogP contribution >= 0.6 is 0 Å². The zero-order valence-corrected chi connectivity index (χ0v) is 19.8. The number of fused-ring (bicyclic) bond motifs is 1. The van der Waals surface area contributed by atoms with Gasteiger partial charge in [0.25, 0.3) is 0 Å². The standard InChI is InChI=1S/C26H26N4O3S/c1-20(31)21-10-12-23(13-11-21)34(32,33)29-17-15-28(16-18-29)19-24-26(22-7-3-2-4-8-22)27-25-9-5-6-14-30(24)25/h2-14H,15-19H2,1H3. The van der Waals surface area contributed by atoms with Gasteiger partial charge in [-0.15, -0.1) is 0 Å². The minimum absolute atomic E-state index is 0.0835. The number of benzene rings is 2. The van der Waals surface area contributed by atoms with Gasteiger partial charge in [-0.2, -0.15) is 4.31 Å². The molecule has 3 heterocycles. The number of ketones is 1. The van der Waals surface area contributed by atoms with E-state index >= 15 is 0 Å². The van der Waals surface area contributed by atoms with Crippen LogP contribution in [-0.2, 0) is 16.6 Å². The van der Waals surface area contributed by atoms with E-state index in [0.29, 0.717) is 38.3 Å². The maximum atomic E-state index is 13.1.